The van der Waals surface area contributed by atoms with Crippen molar-refractivity contribution in [2.45, 2.75) is 66.2 Å². The van der Waals surface area contributed by atoms with E-state index in [-0.39, 0.29) is 5.78 Å². The molecule has 16 heavy (non-hydrogen) atoms. The van der Waals surface area contributed by atoms with Crippen LogP contribution < -0.4 is 0 Å². The third kappa shape index (κ3) is 8.46. The van der Waals surface area contributed by atoms with Crippen molar-refractivity contribution in [1.82, 2.24) is 0 Å². The van der Waals surface area contributed by atoms with Gasteiger partial charge >= 0.3 is 0 Å². The number of Topliss-reactive ketones (excluding diaryl/α,β-unsaturated/α-hetero) is 1. The zero-order valence-corrected chi connectivity index (χ0v) is 11.3. The molecular weight excluding hydrogens is 196 g/mol. The molecule has 0 aromatic heterocycles. The monoisotopic (exact) mass is 222 g/mol. The summed E-state index contributed by atoms with van der Waals surface area (Å²) in [6.07, 6.45) is 10.7. The molecule has 0 aliphatic carbocycles. The zero-order valence-electron chi connectivity index (χ0n) is 11.3. The predicted molar refractivity (Wildman–Crippen MR) is 71.6 cm³/mol. The fourth-order valence-electron chi connectivity index (χ4n) is 1.55. The Balaban J connectivity index is 3.95. The molecule has 0 atom stereocenters. The average Bonchev–Trinajstić information content (AvgIpc) is 2.26. The first-order valence-electron chi connectivity index (χ1n) is 6.43. The second kappa shape index (κ2) is 9.38. The number of rotatable bonds is 8. The Bertz CT molecular complexity index is 259. The van der Waals surface area contributed by atoms with Crippen LogP contribution in [0.2, 0.25) is 0 Å². The van der Waals surface area contributed by atoms with Gasteiger partial charge in [0.25, 0.3) is 0 Å². The molecule has 0 amide bonds. The van der Waals surface area contributed by atoms with E-state index in [1.54, 1.807) is 6.92 Å². The van der Waals surface area contributed by atoms with Gasteiger partial charge in [0.1, 0.15) is 5.78 Å². The topological polar surface area (TPSA) is 17.1 Å². The van der Waals surface area contributed by atoms with Crippen LogP contribution in [0.5, 0.6) is 0 Å². The van der Waals surface area contributed by atoms with Crippen LogP contribution in [0.4, 0.5) is 0 Å². The summed E-state index contributed by atoms with van der Waals surface area (Å²) in [7, 11) is 0. The smallest absolute Gasteiger partial charge is 0.130 e. The molecule has 1 heteroatoms. The maximum Gasteiger partial charge on any atom is 0.130 e. The van der Waals surface area contributed by atoms with Gasteiger partial charge in [-0.25, -0.2) is 0 Å². The molecule has 0 aliphatic heterocycles. The minimum absolute atomic E-state index is 0.286. The molecule has 0 N–H and O–H groups in total. The predicted octanol–water partition coefficient (Wildman–Crippen LogP) is 4.83. The normalized spacial score (nSPS) is 13.0. The van der Waals surface area contributed by atoms with Crippen LogP contribution in [0, 0.1) is 0 Å². The van der Waals surface area contributed by atoms with E-state index in [0.29, 0.717) is 6.42 Å². The van der Waals surface area contributed by atoms with Crippen molar-refractivity contribution >= 4 is 5.78 Å². The highest BCUT2D eigenvalue weighted by molar-refractivity contribution is 5.75. The van der Waals surface area contributed by atoms with E-state index < -0.39 is 0 Å². The first-order chi connectivity index (χ1) is 7.60. The van der Waals surface area contributed by atoms with E-state index in [4.69, 9.17) is 0 Å². The summed E-state index contributed by atoms with van der Waals surface area (Å²) in [5, 5.41) is 0. The van der Waals surface area contributed by atoms with Gasteiger partial charge in [0.2, 0.25) is 0 Å². The molecule has 1 nitrogen and oxygen atoms in total. The highest BCUT2D eigenvalue weighted by atomic mass is 16.1. The minimum Gasteiger partial charge on any atom is -0.300 e. The summed E-state index contributed by atoms with van der Waals surface area (Å²) < 4.78 is 0. The first-order valence-corrected chi connectivity index (χ1v) is 6.43. The van der Waals surface area contributed by atoms with Gasteiger partial charge in [0.05, 0.1) is 0 Å². The van der Waals surface area contributed by atoms with E-state index in [1.165, 1.54) is 11.1 Å². The van der Waals surface area contributed by atoms with Crippen LogP contribution in [0.1, 0.15) is 66.2 Å². The Morgan fingerprint density at radius 1 is 0.938 bits per heavy atom. The zero-order chi connectivity index (χ0) is 12.4. The highest BCUT2D eigenvalue weighted by Crippen LogP contribution is 2.13. The molecule has 0 unspecified atom stereocenters. The second-order valence-corrected chi connectivity index (χ2v) is 4.40. The van der Waals surface area contributed by atoms with Crippen LogP contribution in [0.3, 0.4) is 0 Å². The maximum absolute atomic E-state index is 10.8. The third-order valence-electron chi connectivity index (χ3n) is 2.90. The summed E-state index contributed by atoms with van der Waals surface area (Å²) in [5.74, 6) is 0.286. The van der Waals surface area contributed by atoms with Gasteiger partial charge in [-0.05, 0) is 46.0 Å². The number of ketones is 1. The maximum atomic E-state index is 10.8. The van der Waals surface area contributed by atoms with Crippen molar-refractivity contribution in [2.24, 2.45) is 0 Å². The van der Waals surface area contributed by atoms with Crippen molar-refractivity contribution in [3.63, 3.8) is 0 Å². The molecule has 0 rings (SSSR count). The summed E-state index contributed by atoms with van der Waals surface area (Å²) in [6, 6.07) is 0. The summed E-state index contributed by atoms with van der Waals surface area (Å²) in [5.41, 5.74) is 2.96. The molecular formula is C15H26O. The highest BCUT2D eigenvalue weighted by Gasteiger charge is 1.95. The Labute approximate surface area is 101 Å². The average molecular weight is 222 g/mol. The fourth-order valence-corrected chi connectivity index (χ4v) is 1.55. The molecule has 0 aromatic rings. The molecule has 0 radical (unpaired) electrons. The van der Waals surface area contributed by atoms with Gasteiger partial charge in [0.15, 0.2) is 0 Å². The molecule has 0 aromatic carbocycles. The molecule has 0 spiro atoms. The quantitative estimate of drug-likeness (QED) is 0.538. The number of allylic oxidation sites excluding steroid dienone is 4. The van der Waals surface area contributed by atoms with Gasteiger partial charge in [-0.2, -0.15) is 0 Å². The second-order valence-electron chi connectivity index (χ2n) is 4.40. The standard InChI is InChI=1S/C15H26O/c1-5-13(3)9-7-11-15(6-2)12-8-10-14(4)16/h9,12H,5-8,10-11H2,1-4H3/b13-9+,15-12+. The van der Waals surface area contributed by atoms with Crippen LogP contribution in [-0.2, 0) is 4.79 Å². The largest absolute Gasteiger partial charge is 0.300 e. The molecule has 0 aliphatic rings. The van der Waals surface area contributed by atoms with Crippen LogP contribution in [0.25, 0.3) is 0 Å². The third-order valence-corrected chi connectivity index (χ3v) is 2.90. The Hall–Kier alpha value is -0.850. The van der Waals surface area contributed by atoms with E-state index >= 15 is 0 Å². The SMILES string of the molecule is CC/C(C)=C/CC/C(=C/CCC(C)=O)CC. The van der Waals surface area contributed by atoms with Crippen molar-refractivity contribution in [3.8, 4) is 0 Å². The molecule has 0 fully saturated rings. The lowest BCUT2D eigenvalue weighted by atomic mass is 10.0. The van der Waals surface area contributed by atoms with Gasteiger partial charge < -0.3 is 4.79 Å². The fraction of sp³-hybridized carbons (Fsp3) is 0.667. The summed E-state index contributed by atoms with van der Waals surface area (Å²) in [6.45, 7) is 8.23. The molecule has 0 saturated carbocycles. The van der Waals surface area contributed by atoms with Crippen LogP contribution in [0.15, 0.2) is 23.3 Å². The number of carbonyl (C=O) groups excluding carboxylic acids is 1. The van der Waals surface area contributed by atoms with Crippen molar-refractivity contribution in [1.29, 1.82) is 0 Å². The van der Waals surface area contributed by atoms with E-state index in [0.717, 1.165) is 32.1 Å². The Kier molecular flexibility index (Phi) is 8.88. The Morgan fingerprint density at radius 2 is 1.56 bits per heavy atom. The van der Waals surface area contributed by atoms with Gasteiger partial charge in [-0.1, -0.05) is 37.1 Å². The number of carbonyl (C=O) groups is 1. The van der Waals surface area contributed by atoms with Crippen LogP contribution in [-0.4, -0.2) is 5.78 Å². The minimum atomic E-state index is 0.286. The first kappa shape index (κ1) is 15.2. The van der Waals surface area contributed by atoms with E-state index in [2.05, 4.69) is 32.9 Å². The lowest BCUT2D eigenvalue weighted by molar-refractivity contribution is -0.116. The van der Waals surface area contributed by atoms with Gasteiger partial charge in [-0.15, -0.1) is 0 Å². The van der Waals surface area contributed by atoms with E-state index in [9.17, 15) is 4.79 Å². The van der Waals surface area contributed by atoms with Gasteiger partial charge in [0, 0.05) is 6.42 Å². The molecule has 0 saturated heterocycles. The molecule has 0 bridgehead atoms. The number of hydrogen-bond donors (Lipinski definition) is 0. The lowest BCUT2D eigenvalue weighted by Crippen LogP contribution is -1.89. The summed E-state index contributed by atoms with van der Waals surface area (Å²) >= 11 is 0. The summed E-state index contributed by atoms with van der Waals surface area (Å²) in [4.78, 5) is 10.8. The Morgan fingerprint density at radius 3 is 2.06 bits per heavy atom. The lowest BCUT2D eigenvalue weighted by Gasteiger charge is -2.03. The van der Waals surface area contributed by atoms with Crippen molar-refractivity contribution < 1.29 is 4.79 Å². The van der Waals surface area contributed by atoms with Crippen molar-refractivity contribution in [2.75, 3.05) is 0 Å². The van der Waals surface area contributed by atoms with Crippen LogP contribution >= 0.6 is 0 Å². The molecule has 92 valence electrons. The molecule has 0 heterocycles. The van der Waals surface area contributed by atoms with Gasteiger partial charge in [-0.3, -0.25) is 0 Å². The number of hydrogen-bond acceptors (Lipinski definition) is 1. The van der Waals surface area contributed by atoms with Crippen molar-refractivity contribution in [3.05, 3.63) is 23.3 Å². The van der Waals surface area contributed by atoms with E-state index in [1.807, 2.05) is 0 Å².